The highest BCUT2D eigenvalue weighted by Crippen LogP contribution is 2.26. The molecule has 1 aromatic rings. The molecule has 1 aliphatic heterocycles. The molecule has 0 radical (unpaired) electrons. The fourth-order valence-corrected chi connectivity index (χ4v) is 2.41. The van der Waals surface area contributed by atoms with Gasteiger partial charge in [-0.25, -0.2) is 0 Å². The van der Waals surface area contributed by atoms with E-state index < -0.39 is 16.1 Å². The van der Waals surface area contributed by atoms with Gasteiger partial charge in [-0.2, -0.15) is 0 Å². The Morgan fingerprint density at radius 1 is 1.30 bits per heavy atom. The molecule has 0 aliphatic carbocycles. The molecule has 6 nitrogen and oxygen atoms in total. The second-order valence-corrected chi connectivity index (χ2v) is 5.18. The van der Waals surface area contributed by atoms with Crippen LogP contribution in [0.1, 0.15) is 5.56 Å². The van der Waals surface area contributed by atoms with Gasteiger partial charge in [0.25, 0.3) is 16.8 Å². The van der Waals surface area contributed by atoms with Crippen LogP contribution in [-0.2, 0) is 4.79 Å². The Morgan fingerprint density at radius 2 is 1.95 bits per heavy atom. The number of nitrogens with one attached hydrogen (secondary N) is 1. The van der Waals surface area contributed by atoms with E-state index in [4.69, 9.17) is 11.6 Å². The highest BCUT2D eigenvalue weighted by Gasteiger charge is 2.24. The van der Waals surface area contributed by atoms with Crippen LogP contribution in [-0.4, -0.2) is 16.1 Å². The van der Waals surface area contributed by atoms with Gasteiger partial charge in [-0.15, -0.1) is 0 Å². The van der Waals surface area contributed by atoms with Crippen molar-refractivity contribution in [3.05, 3.63) is 56.0 Å². The number of amides is 2. The minimum absolute atomic E-state index is 0.0204. The molecule has 1 fully saturated rings. The Morgan fingerprint density at radius 3 is 2.45 bits per heavy atom. The first-order chi connectivity index (χ1) is 9.45. The summed E-state index contributed by atoms with van der Waals surface area (Å²) in [6, 6.07) is 5.77. The zero-order chi connectivity index (χ0) is 14.7. The standard InChI is InChI=1S/C12H7ClN2O4S/c13-8(6-10-11(16)14-12(17)20-10)5-7-1-3-9(4-2-7)15(18)19/h1-6H,(H,14,16,17)/b8-5-,10-6-. The van der Waals surface area contributed by atoms with Crippen molar-refractivity contribution in [1.82, 2.24) is 5.32 Å². The van der Waals surface area contributed by atoms with Gasteiger partial charge < -0.3 is 0 Å². The lowest BCUT2D eigenvalue weighted by atomic mass is 10.2. The van der Waals surface area contributed by atoms with Crippen molar-refractivity contribution in [2.24, 2.45) is 0 Å². The summed E-state index contributed by atoms with van der Waals surface area (Å²) >= 11 is 6.72. The third-order valence-electron chi connectivity index (χ3n) is 2.32. The number of non-ortho nitro benzene ring substituents is 1. The van der Waals surface area contributed by atoms with Gasteiger partial charge in [0.2, 0.25) is 0 Å². The predicted octanol–water partition coefficient (Wildman–Crippen LogP) is 3.04. The quantitative estimate of drug-likeness (QED) is 0.526. The second-order valence-electron chi connectivity index (χ2n) is 3.73. The van der Waals surface area contributed by atoms with Crippen LogP contribution in [0.15, 0.2) is 40.3 Å². The van der Waals surface area contributed by atoms with Crippen molar-refractivity contribution in [2.75, 3.05) is 0 Å². The number of carbonyl (C=O) groups is 2. The topological polar surface area (TPSA) is 89.3 Å². The van der Waals surface area contributed by atoms with Crippen LogP contribution >= 0.6 is 23.4 Å². The summed E-state index contributed by atoms with van der Waals surface area (Å²) in [5.74, 6) is -0.491. The Hall–Kier alpha value is -2.12. The SMILES string of the molecule is O=C1NC(=O)/C(=C/C(Cl)=C/c2ccc([N+](=O)[O-])cc2)S1. The number of thioether (sulfide) groups is 1. The average Bonchev–Trinajstić information content (AvgIpc) is 2.68. The van der Waals surface area contributed by atoms with E-state index in [0.717, 1.165) is 11.8 Å². The van der Waals surface area contributed by atoms with Crippen molar-refractivity contribution in [1.29, 1.82) is 0 Å². The van der Waals surface area contributed by atoms with Crippen LogP contribution in [0.5, 0.6) is 0 Å². The van der Waals surface area contributed by atoms with Gasteiger partial charge >= 0.3 is 0 Å². The monoisotopic (exact) mass is 310 g/mol. The first kappa shape index (κ1) is 14.3. The molecule has 0 atom stereocenters. The van der Waals surface area contributed by atoms with Gasteiger partial charge in [-0.3, -0.25) is 25.0 Å². The van der Waals surface area contributed by atoms with Crippen LogP contribution in [0.3, 0.4) is 0 Å². The molecule has 0 saturated carbocycles. The normalized spacial score (nSPS) is 17.4. The molecule has 1 aliphatic rings. The zero-order valence-electron chi connectivity index (χ0n) is 9.83. The molecule has 1 saturated heterocycles. The van der Waals surface area contributed by atoms with Gasteiger partial charge in [0, 0.05) is 17.2 Å². The molecule has 0 bridgehead atoms. The van der Waals surface area contributed by atoms with Crippen molar-refractivity contribution in [3.8, 4) is 0 Å². The van der Waals surface area contributed by atoms with Crippen LogP contribution < -0.4 is 5.32 Å². The maximum absolute atomic E-state index is 11.3. The van der Waals surface area contributed by atoms with Crippen molar-refractivity contribution >= 4 is 46.3 Å². The first-order valence-electron chi connectivity index (χ1n) is 5.32. The molecule has 0 aromatic heterocycles. The van der Waals surface area contributed by atoms with Gasteiger partial charge in [0.15, 0.2) is 0 Å². The van der Waals surface area contributed by atoms with E-state index in [2.05, 4.69) is 5.32 Å². The molecule has 1 aromatic carbocycles. The second kappa shape index (κ2) is 5.89. The van der Waals surface area contributed by atoms with E-state index >= 15 is 0 Å². The lowest BCUT2D eigenvalue weighted by molar-refractivity contribution is -0.384. The molecule has 0 spiro atoms. The van der Waals surface area contributed by atoms with Gasteiger partial charge in [-0.1, -0.05) is 11.6 Å². The average molecular weight is 311 g/mol. The number of carbonyl (C=O) groups excluding carboxylic acids is 2. The smallest absolute Gasteiger partial charge is 0.282 e. The summed E-state index contributed by atoms with van der Waals surface area (Å²) in [7, 11) is 0. The van der Waals surface area contributed by atoms with Gasteiger partial charge in [-0.05, 0) is 41.6 Å². The van der Waals surface area contributed by atoms with E-state index in [1.54, 1.807) is 0 Å². The highest BCUT2D eigenvalue weighted by atomic mass is 35.5. The number of halogens is 1. The number of nitrogens with zero attached hydrogens (tertiary/aromatic N) is 1. The molecule has 2 amide bonds. The number of imide groups is 1. The summed E-state index contributed by atoms with van der Waals surface area (Å²) in [5, 5.41) is 12.4. The molecule has 0 unspecified atom stereocenters. The van der Waals surface area contributed by atoms with E-state index in [9.17, 15) is 19.7 Å². The third kappa shape index (κ3) is 3.46. The van der Waals surface area contributed by atoms with Crippen LogP contribution in [0.4, 0.5) is 10.5 Å². The minimum Gasteiger partial charge on any atom is -0.282 e. The fraction of sp³-hybridized carbons (Fsp3) is 0. The summed E-state index contributed by atoms with van der Waals surface area (Å²) in [6.45, 7) is 0. The number of allylic oxidation sites excluding steroid dienone is 2. The highest BCUT2D eigenvalue weighted by molar-refractivity contribution is 8.18. The number of benzene rings is 1. The molecule has 2 rings (SSSR count). The number of hydrogen-bond acceptors (Lipinski definition) is 5. The van der Waals surface area contributed by atoms with Crippen molar-refractivity contribution in [2.45, 2.75) is 0 Å². The van der Waals surface area contributed by atoms with Gasteiger partial charge in [0.1, 0.15) is 0 Å². The lowest BCUT2D eigenvalue weighted by Gasteiger charge is -1.95. The number of hydrogen-bond donors (Lipinski definition) is 1. The minimum atomic E-state index is -0.498. The third-order valence-corrected chi connectivity index (χ3v) is 3.35. The summed E-state index contributed by atoms with van der Waals surface area (Å²) in [4.78, 5) is 32.5. The first-order valence-corrected chi connectivity index (χ1v) is 6.51. The Balaban J connectivity index is 2.18. The molecule has 20 heavy (non-hydrogen) atoms. The number of rotatable bonds is 3. The van der Waals surface area contributed by atoms with E-state index in [1.165, 1.54) is 36.4 Å². The van der Waals surface area contributed by atoms with E-state index in [-0.39, 0.29) is 15.6 Å². The van der Waals surface area contributed by atoms with Crippen molar-refractivity contribution < 1.29 is 14.5 Å². The maximum Gasteiger partial charge on any atom is 0.290 e. The van der Waals surface area contributed by atoms with E-state index in [0.29, 0.717) is 5.56 Å². The summed E-state index contributed by atoms with van der Waals surface area (Å²) < 4.78 is 0. The Kier molecular flexibility index (Phi) is 4.21. The summed E-state index contributed by atoms with van der Waals surface area (Å²) in [6.07, 6.45) is 2.91. The molecular weight excluding hydrogens is 304 g/mol. The molecular formula is C12H7ClN2O4S. The zero-order valence-corrected chi connectivity index (χ0v) is 11.4. The van der Waals surface area contributed by atoms with Crippen LogP contribution in [0.2, 0.25) is 0 Å². The molecule has 1 heterocycles. The van der Waals surface area contributed by atoms with Crippen LogP contribution in [0, 0.1) is 10.1 Å². The summed E-state index contributed by atoms with van der Waals surface area (Å²) in [5.41, 5.74) is 0.625. The largest absolute Gasteiger partial charge is 0.290 e. The van der Waals surface area contributed by atoms with E-state index in [1.807, 2.05) is 0 Å². The Bertz CT molecular complexity index is 652. The predicted molar refractivity (Wildman–Crippen MR) is 76.1 cm³/mol. The van der Waals surface area contributed by atoms with Crippen molar-refractivity contribution in [3.63, 3.8) is 0 Å². The Labute approximate surface area is 122 Å². The molecule has 102 valence electrons. The number of nitro benzene ring substituents is 1. The number of nitro groups is 1. The molecule has 1 N–H and O–H groups in total. The molecule has 8 heteroatoms. The fourth-order valence-electron chi connectivity index (χ4n) is 1.44. The van der Waals surface area contributed by atoms with Crippen LogP contribution in [0.25, 0.3) is 6.08 Å². The lowest BCUT2D eigenvalue weighted by Crippen LogP contribution is -2.17. The van der Waals surface area contributed by atoms with Gasteiger partial charge in [0.05, 0.1) is 9.83 Å². The maximum atomic E-state index is 11.3.